The van der Waals surface area contributed by atoms with Crippen LogP contribution in [0, 0.1) is 10.1 Å². The van der Waals surface area contributed by atoms with Crippen LogP contribution in [-0.4, -0.2) is 39.8 Å². The zero-order chi connectivity index (χ0) is 22.2. The van der Waals surface area contributed by atoms with Gasteiger partial charge in [-0.15, -0.1) is 0 Å². The van der Waals surface area contributed by atoms with Crippen LogP contribution in [-0.2, 0) is 18.4 Å². The number of imidazole rings is 1. The third-order valence-electron chi connectivity index (χ3n) is 4.93. The second kappa shape index (κ2) is 7.82. The fourth-order valence-corrected chi connectivity index (χ4v) is 4.18. The van der Waals surface area contributed by atoms with Crippen molar-refractivity contribution in [2.75, 3.05) is 0 Å². The van der Waals surface area contributed by atoms with Crippen LogP contribution in [0.15, 0.2) is 31.3 Å². The molecule has 3 aromatic rings. The van der Waals surface area contributed by atoms with Gasteiger partial charge in [0.1, 0.15) is 15.4 Å². The van der Waals surface area contributed by atoms with Gasteiger partial charge in [0.25, 0.3) is 5.56 Å². The van der Waals surface area contributed by atoms with Crippen LogP contribution in [0.25, 0.3) is 11.2 Å². The van der Waals surface area contributed by atoms with Gasteiger partial charge in [-0.1, -0.05) is 25.6 Å². The molecule has 3 aromatic heterocycles. The predicted molar refractivity (Wildman–Crippen MR) is 107 cm³/mol. The van der Waals surface area contributed by atoms with Crippen molar-refractivity contribution in [2.45, 2.75) is 43.1 Å². The van der Waals surface area contributed by atoms with E-state index in [9.17, 15) is 29.6 Å². The Balaban J connectivity index is 2.23. The van der Waals surface area contributed by atoms with E-state index in [-0.39, 0.29) is 41.5 Å². The molecule has 0 saturated heterocycles. The van der Waals surface area contributed by atoms with Gasteiger partial charge in [-0.05, 0) is 18.9 Å². The summed E-state index contributed by atoms with van der Waals surface area (Å²) < 4.78 is 6.53. The third kappa shape index (κ3) is 3.51. The Morgan fingerprint density at radius 3 is 2.57 bits per heavy atom. The SMILES string of the molecule is CCC(CC)(Sc1nc2c(c(=O)[nH]c(=O)n2C)n1Cc1ccc([N+](=O)[O-])o1)C(=O)O. The molecule has 2 N–H and O–H groups in total. The highest BCUT2D eigenvalue weighted by atomic mass is 32.2. The normalized spacial score (nSPS) is 11.8. The molecule has 0 unspecified atom stereocenters. The first-order valence-corrected chi connectivity index (χ1v) is 9.80. The number of fused-ring (bicyclic) bond motifs is 1. The number of aromatic amines is 1. The maximum absolute atomic E-state index is 12.5. The summed E-state index contributed by atoms with van der Waals surface area (Å²) in [4.78, 5) is 53.2. The number of furan rings is 1. The van der Waals surface area contributed by atoms with Gasteiger partial charge >= 0.3 is 17.5 Å². The van der Waals surface area contributed by atoms with Crippen LogP contribution in [0.1, 0.15) is 32.4 Å². The smallest absolute Gasteiger partial charge is 0.433 e. The molecule has 0 saturated carbocycles. The van der Waals surface area contributed by atoms with Gasteiger partial charge in [-0.25, -0.2) is 9.78 Å². The summed E-state index contributed by atoms with van der Waals surface area (Å²) in [6.45, 7) is 3.35. The maximum Gasteiger partial charge on any atom is 0.433 e. The molecule has 0 aliphatic carbocycles. The van der Waals surface area contributed by atoms with E-state index in [1.54, 1.807) is 13.8 Å². The van der Waals surface area contributed by atoms with Gasteiger partial charge in [0.05, 0.1) is 12.6 Å². The lowest BCUT2D eigenvalue weighted by molar-refractivity contribution is -0.402. The van der Waals surface area contributed by atoms with Gasteiger partial charge in [0.2, 0.25) is 0 Å². The van der Waals surface area contributed by atoms with E-state index < -0.39 is 32.8 Å². The lowest BCUT2D eigenvalue weighted by atomic mass is 10.0. The van der Waals surface area contributed by atoms with Crippen LogP contribution in [0.5, 0.6) is 0 Å². The number of carbonyl (C=O) groups is 1. The van der Waals surface area contributed by atoms with Gasteiger partial charge in [0, 0.05) is 7.05 Å². The quantitative estimate of drug-likeness (QED) is 0.303. The molecule has 0 aliphatic heterocycles. The Bertz CT molecular complexity index is 1250. The van der Waals surface area contributed by atoms with Gasteiger partial charge < -0.3 is 14.1 Å². The number of thioether (sulfide) groups is 1. The average molecular weight is 437 g/mol. The second-order valence-electron chi connectivity index (χ2n) is 6.58. The van der Waals surface area contributed by atoms with E-state index in [0.29, 0.717) is 0 Å². The first-order chi connectivity index (χ1) is 14.1. The molecule has 13 heteroatoms. The van der Waals surface area contributed by atoms with Crippen molar-refractivity contribution in [3.63, 3.8) is 0 Å². The van der Waals surface area contributed by atoms with Crippen molar-refractivity contribution in [3.05, 3.63) is 48.8 Å². The lowest BCUT2D eigenvalue weighted by Crippen LogP contribution is -2.34. The highest BCUT2D eigenvalue weighted by Gasteiger charge is 2.38. The van der Waals surface area contributed by atoms with Gasteiger partial charge in [-0.3, -0.25) is 29.3 Å². The van der Waals surface area contributed by atoms with Crippen molar-refractivity contribution in [1.29, 1.82) is 0 Å². The van der Waals surface area contributed by atoms with Crippen molar-refractivity contribution in [1.82, 2.24) is 19.1 Å². The number of nitrogens with zero attached hydrogens (tertiary/aromatic N) is 4. The monoisotopic (exact) mass is 437 g/mol. The van der Waals surface area contributed by atoms with Gasteiger partial charge in [-0.2, -0.15) is 0 Å². The minimum absolute atomic E-state index is 0.0325. The first kappa shape index (κ1) is 21.4. The zero-order valence-electron chi connectivity index (χ0n) is 16.4. The topological polar surface area (TPSA) is 166 Å². The van der Waals surface area contributed by atoms with Gasteiger partial charge in [0.15, 0.2) is 16.3 Å². The molecule has 0 aromatic carbocycles. The summed E-state index contributed by atoms with van der Waals surface area (Å²) in [5.74, 6) is -1.33. The predicted octanol–water partition coefficient (Wildman–Crippen LogP) is 1.71. The minimum Gasteiger partial charge on any atom is -0.480 e. The fraction of sp³-hybridized carbons (Fsp3) is 0.412. The number of rotatable bonds is 8. The van der Waals surface area contributed by atoms with Crippen molar-refractivity contribution < 1.29 is 19.2 Å². The van der Waals surface area contributed by atoms with E-state index in [1.165, 1.54) is 23.7 Å². The number of nitro groups is 1. The van der Waals surface area contributed by atoms with Crippen molar-refractivity contribution >= 4 is 34.8 Å². The van der Waals surface area contributed by atoms with E-state index in [0.717, 1.165) is 16.3 Å². The molecule has 0 fully saturated rings. The number of nitrogens with one attached hydrogen (secondary N) is 1. The number of aliphatic carboxylic acids is 1. The molecule has 0 radical (unpaired) electrons. The summed E-state index contributed by atoms with van der Waals surface area (Å²) in [5.41, 5.74) is -1.27. The van der Waals surface area contributed by atoms with E-state index >= 15 is 0 Å². The average Bonchev–Trinajstić information content (AvgIpc) is 3.30. The van der Waals surface area contributed by atoms with Crippen LogP contribution in [0.2, 0.25) is 0 Å². The number of aromatic nitrogens is 4. The van der Waals surface area contributed by atoms with Crippen LogP contribution in [0.3, 0.4) is 0 Å². The Labute approximate surface area is 172 Å². The van der Waals surface area contributed by atoms with E-state index in [1.807, 2.05) is 0 Å². The molecule has 0 atom stereocenters. The minimum atomic E-state index is -1.21. The molecule has 160 valence electrons. The molecule has 3 rings (SSSR count). The van der Waals surface area contributed by atoms with E-state index in [4.69, 9.17) is 4.42 Å². The fourth-order valence-electron chi connectivity index (χ4n) is 3.06. The Morgan fingerprint density at radius 2 is 2.03 bits per heavy atom. The van der Waals surface area contributed by atoms with Crippen molar-refractivity contribution in [3.8, 4) is 0 Å². The summed E-state index contributed by atoms with van der Waals surface area (Å²) in [7, 11) is 1.42. The molecule has 30 heavy (non-hydrogen) atoms. The van der Waals surface area contributed by atoms with Crippen molar-refractivity contribution in [2.24, 2.45) is 7.05 Å². The highest BCUT2D eigenvalue weighted by Crippen LogP contribution is 2.39. The number of hydrogen-bond acceptors (Lipinski definition) is 8. The number of carboxylic acid groups (broad SMARTS) is 1. The molecule has 0 amide bonds. The Hall–Kier alpha value is -3.35. The Kier molecular flexibility index (Phi) is 5.57. The molecular weight excluding hydrogens is 418 g/mol. The largest absolute Gasteiger partial charge is 0.480 e. The number of hydrogen-bond donors (Lipinski definition) is 2. The standard InChI is InChI=1S/C17H19N5O7S/c1-4-17(5-2,14(24)25)30-16-18-12-11(13(23)19-15(26)20(12)3)21(16)8-9-6-7-10(29-9)22(27)28/h6-7H,4-5,8H2,1-3H3,(H,24,25)(H,19,23,26). The molecule has 12 nitrogen and oxygen atoms in total. The molecule has 3 heterocycles. The summed E-state index contributed by atoms with van der Waals surface area (Å²) in [6, 6.07) is 2.57. The number of H-pyrrole nitrogens is 1. The third-order valence-corrected chi connectivity index (χ3v) is 6.57. The molecule has 0 aliphatic rings. The maximum atomic E-state index is 12.5. The first-order valence-electron chi connectivity index (χ1n) is 8.98. The Morgan fingerprint density at radius 1 is 1.37 bits per heavy atom. The highest BCUT2D eigenvalue weighted by molar-refractivity contribution is 8.01. The van der Waals surface area contributed by atoms with Crippen LogP contribution < -0.4 is 11.2 Å². The zero-order valence-corrected chi connectivity index (χ0v) is 17.2. The molecule has 0 spiro atoms. The van der Waals surface area contributed by atoms with Crippen LogP contribution in [0.4, 0.5) is 5.88 Å². The van der Waals surface area contributed by atoms with Crippen LogP contribution >= 0.6 is 11.8 Å². The summed E-state index contributed by atoms with van der Waals surface area (Å²) in [5, 5.41) is 20.9. The summed E-state index contributed by atoms with van der Waals surface area (Å²) in [6.07, 6.45) is 0.572. The van der Waals surface area contributed by atoms with E-state index in [2.05, 4.69) is 9.97 Å². The molecular formula is C17H19N5O7S. The second-order valence-corrected chi connectivity index (χ2v) is 7.93. The summed E-state index contributed by atoms with van der Waals surface area (Å²) >= 11 is 0.961. The number of carboxylic acids is 1. The number of aryl methyl sites for hydroxylation is 1. The lowest BCUT2D eigenvalue weighted by Gasteiger charge is -2.25. The molecule has 0 bridgehead atoms.